The fourth-order valence-corrected chi connectivity index (χ4v) is 2.46. The minimum atomic E-state index is -0.562. The standard InChI is InChI=1S/C16H15N3O2/c1-2-9-19(11-5-7-17-8-6-11)12-3-4-13-14(10-12)18-16(21)15(13)20/h3-8,10H,2,9H2,1H3,(H,18,20,21). The van der Waals surface area contributed by atoms with Crippen molar-refractivity contribution in [2.45, 2.75) is 13.3 Å². The topological polar surface area (TPSA) is 62.3 Å². The molecule has 0 bridgehead atoms. The lowest BCUT2D eigenvalue weighted by atomic mass is 10.1. The molecule has 1 amide bonds. The monoisotopic (exact) mass is 281 g/mol. The lowest BCUT2D eigenvalue weighted by Gasteiger charge is -2.24. The van der Waals surface area contributed by atoms with Gasteiger partial charge in [0.05, 0.1) is 11.3 Å². The molecule has 0 aliphatic carbocycles. The summed E-state index contributed by atoms with van der Waals surface area (Å²) in [5, 5.41) is 2.61. The van der Waals surface area contributed by atoms with E-state index in [1.807, 2.05) is 24.3 Å². The van der Waals surface area contributed by atoms with Crippen LogP contribution < -0.4 is 10.2 Å². The van der Waals surface area contributed by atoms with Crippen molar-refractivity contribution in [2.24, 2.45) is 0 Å². The highest BCUT2D eigenvalue weighted by Crippen LogP contribution is 2.32. The van der Waals surface area contributed by atoms with Crippen LogP contribution >= 0.6 is 0 Å². The van der Waals surface area contributed by atoms with Gasteiger partial charge in [0.25, 0.3) is 11.7 Å². The van der Waals surface area contributed by atoms with Gasteiger partial charge < -0.3 is 10.2 Å². The van der Waals surface area contributed by atoms with Gasteiger partial charge >= 0.3 is 0 Å². The van der Waals surface area contributed by atoms with Crippen molar-refractivity contribution in [2.75, 3.05) is 16.8 Å². The second-order valence-electron chi connectivity index (χ2n) is 4.87. The number of carbonyl (C=O) groups is 2. The Hall–Kier alpha value is -2.69. The number of Topliss-reactive ketones (excluding diaryl/α,β-unsaturated/α-hetero) is 1. The predicted octanol–water partition coefficient (Wildman–Crippen LogP) is 2.76. The molecule has 0 atom stereocenters. The van der Waals surface area contributed by atoms with Gasteiger partial charge in [0.1, 0.15) is 0 Å². The van der Waals surface area contributed by atoms with Crippen LogP contribution in [0.15, 0.2) is 42.7 Å². The van der Waals surface area contributed by atoms with Gasteiger partial charge in [0, 0.05) is 30.3 Å². The van der Waals surface area contributed by atoms with Gasteiger partial charge in [-0.25, -0.2) is 0 Å². The zero-order valence-corrected chi connectivity index (χ0v) is 11.7. The Morgan fingerprint density at radius 1 is 1.10 bits per heavy atom. The average molecular weight is 281 g/mol. The first-order chi connectivity index (χ1) is 10.2. The van der Waals surface area contributed by atoms with E-state index in [1.165, 1.54) is 0 Å². The van der Waals surface area contributed by atoms with Crippen LogP contribution in [0.25, 0.3) is 0 Å². The lowest BCUT2D eigenvalue weighted by Crippen LogP contribution is -2.17. The van der Waals surface area contributed by atoms with Crippen molar-refractivity contribution in [3.63, 3.8) is 0 Å². The number of nitrogens with one attached hydrogen (secondary N) is 1. The Bertz CT molecular complexity index is 698. The minimum Gasteiger partial charge on any atom is -0.341 e. The normalized spacial score (nSPS) is 13.0. The molecule has 2 aromatic rings. The molecule has 5 nitrogen and oxygen atoms in total. The molecule has 0 saturated carbocycles. The molecule has 0 unspecified atom stereocenters. The van der Waals surface area contributed by atoms with Crippen molar-refractivity contribution in [3.05, 3.63) is 48.3 Å². The maximum Gasteiger partial charge on any atom is 0.296 e. The molecular weight excluding hydrogens is 266 g/mol. The molecule has 5 heteroatoms. The van der Waals surface area contributed by atoms with Gasteiger partial charge in [-0.15, -0.1) is 0 Å². The molecule has 106 valence electrons. The quantitative estimate of drug-likeness (QED) is 0.875. The number of hydrogen-bond donors (Lipinski definition) is 1. The Labute approximate surface area is 122 Å². The number of rotatable bonds is 4. The fraction of sp³-hybridized carbons (Fsp3) is 0.188. The molecule has 2 heterocycles. The third kappa shape index (κ3) is 2.38. The minimum absolute atomic E-state index is 0.440. The van der Waals surface area contributed by atoms with Gasteiger partial charge in [0.15, 0.2) is 0 Å². The smallest absolute Gasteiger partial charge is 0.296 e. The summed E-state index contributed by atoms with van der Waals surface area (Å²) in [6.07, 6.45) is 4.47. The maximum atomic E-state index is 11.6. The van der Waals surface area contributed by atoms with Crippen molar-refractivity contribution in [1.82, 2.24) is 4.98 Å². The first-order valence-corrected chi connectivity index (χ1v) is 6.88. The average Bonchev–Trinajstić information content (AvgIpc) is 2.80. The first-order valence-electron chi connectivity index (χ1n) is 6.88. The highest BCUT2D eigenvalue weighted by Gasteiger charge is 2.28. The van der Waals surface area contributed by atoms with Crippen molar-refractivity contribution < 1.29 is 9.59 Å². The number of pyridine rings is 1. The van der Waals surface area contributed by atoms with Crippen LogP contribution in [0.5, 0.6) is 0 Å². The first kappa shape index (κ1) is 13.3. The molecule has 0 fully saturated rings. The highest BCUT2D eigenvalue weighted by atomic mass is 16.2. The van der Waals surface area contributed by atoms with E-state index in [0.29, 0.717) is 11.3 Å². The van der Waals surface area contributed by atoms with Crippen LogP contribution in [0.1, 0.15) is 23.7 Å². The molecule has 1 aromatic carbocycles. The summed E-state index contributed by atoms with van der Waals surface area (Å²) in [6, 6.07) is 9.29. The van der Waals surface area contributed by atoms with E-state index in [1.54, 1.807) is 18.5 Å². The second-order valence-corrected chi connectivity index (χ2v) is 4.87. The Kier molecular flexibility index (Phi) is 3.39. The van der Waals surface area contributed by atoms with Crippen LogP contribution in [-0.4, -0.2) is 23.2 Å². The number of aromatic nitrogens is 1. The summed E-state index contributed by atoms with van der Waals surface area (Å²) in [5.41, 5.74) is 2.99. The van der Waals surface area contributed by atoms with E-state index >= 15 is 0 Å². The Balaban J connectivity index is 2.00. The molecule has 1 aliphatic rings. The number of anilines is 3. The molecule has 1 N–H and O–H groups in total. The van der Waals surface area contributed by atoms with Gasteiger partial charge in [-0.1, -0.05) is 6.92 Å². The van der Waals surface area contributed by atoms with Crippen LogP contribution in [0.3, 0.4) is 0 Å². The largest absolute Gasteiger partial charge is 0.341 e. The summed E-state index contributed by atoms with van der Waals surface area (Å²) >= 11 is 0. The third-order valence-electron chi connectivity index (χ3n) is 3.44. The van der Waals surface area contributed by atoms with Crippen molar-refractivity contribution in [1.29, 1.82) is 0 Å². The fourth-order valence-electron chi connectivity index (χ4n) is 2.46. The van der Waals surface area contributed by atoms with E-state index in [2.05, 4.69) is 22.1 Å². The molecule has 1 aliphatic heterocycles. The number of carbonyl (C=O) groups excluding carboxylic acids is 2. The Morgan fingerprint density at radius 3 is 2.57 bits per heavy atom. The van der Waals surface area contributed by atoms with E-state index in [9.17, 15) is 9.59 Å². The summed E-state index contributed by atoms with van der Waals surface area (Å²) < 4.78 is 0. The second kappa shape index (κ2) is 5.36. The van der Waals surface area contributed by atoms with E-state index in [-0.39, 0.29) is 0 Å². The van der Waals surface area contributed by atoms with E-state index in [0.717, 1.165) is 24.3 Å². The molecule has 21 heavy (non-hydrogen) atoms. The SMILES string of the molecule is CCCN(c1ccncc1)c1ccc2c(c1)NC(=O)C2=O. The molecule has 3 rings (SSSR count). The zero-order chi connectivity index (χ0) is 14.8. The van der Waals surface area contributed by atoms with Gasteiger partial charge in [-0.3, -0.25) is 14.6 Å². The van der Waals surface area contributed by atoms with Crippen LogP contribution in [-0.2, 0) is 4.79 Å². The third-order valence-corrected chi connectivity index (χ3v) is 3.44. The zero-order valence-electron chi connectivity index (χ0n) is 11.7. The van der Waals surface area contributed by atoms with E-state index in [4.69, 9.17) is 0 Å². The molecule has 0 spiro atoms. The lowest BCUT2D eigenvalue weighted by molar-refractivity contribution is -0.112. The summed E-state index contributed by atoms with van der Waals surface area (Å²) in [4.78, 5) is 29.2. The number of hydrogen-bond acceptors (Lipinski definition) is 4. The van der Waals surface area contributed by atoms with Crippen LogP contribution in [0, 0.1) is 0 Å². The Morgan fingerprint density at radius 2 is 1.86 bits per heavy atom. The van der Waals surface area contributed by atoms with Gasteiger partial charge in [-0.05, 0) is 36.8 Å². The van der Waals surface area contributed by atoms with Crippen LogP contribution in [0.4, 0.5) is 17.1 Å². The number of benzene rings is 1. The molecule has 1 aromatic heterocycles. The van der Waals surface area contributed by atoms with Gasteiger partial charge in [-0.2, -0.15) is 0 Å². The number of amides is 1. The number of fused-ring (bicyclic) bond motifs is 1. The van der Waals surface area contributed by atoms with E-state index < -0.39 is 11.7 Å². The molecule has 0 radical (unpaired) electrons. The van der Waals surface area contributed by atoms with Crippen molar-refractivity contribution in [3.8, 4) is 0 Å². The number of nitrogens with zero attached hydrogens (tertiary/aromatic N) is 2. The maximum absolute atomic E-state index is 11.6. The number of ketones is 1. The van der Waals surface area contributed by atoms with Crippen LogP contribution in [0.2, 0.25) is 0 Å². The predicted molar refractivity (Wildman–Crippen MR) is 80.9 cm³/mol. The molecule has 0 saturated heterocycles. The molecular formula is C16H15N3O2. The summed E-state index contributed by atoms with van der Waals surface area (Å²) in [5.74, 6) is -1.03. The highest BCUT2D eigenvalue weighted by molar-refractivity contribution is 6.51. The van der Waals surface area contributed by atoms with Gasteiger partial charge in [0.2, 0.25) is 0 Å². The van der Waals surface area contributed by atoms with Crippen molar-refractivity contribution >= 4 is 28.8 Å². The summed E-state index contributed by atoms with van der Waals surface area (Å²) in [6.45, 7) is 2.94. The summed E-state index contributed by atoms with van der Waals surface area (Å²) in [7, 11) is 0.